The normalized spacial score (nSPS) is 13.6. The van der Waals surface area contributed by atoms with Crippen LogP contribution in [0, 0.1) is 13.8 Å². The third kappa shape index (κ3) is 7.06. The lowest BCUT2D eigenvalue weighted by atomic mass is 10.1. The van der Waals surface area contributed by atoms with Crippen molar-refractivity contribution in [2.24, 2.45) is 0 Å². The van der Waals surface area contributed by atoms with Crippen LogP contribution in [0.3, 0.4) is 0 Å². The lowest BCUT2D eigenvalue weighted by Gasteiger charge is -2.16. The summed E-state index contributed by atoms with van der Waals surface area (Å²) in [6, 6.07) is 20.5. The van der Waals surface area contributed by atoms with E-state index in [4.69, 9.17) is 4.74 Å². The number of benzene rings is 3. The van der Waals surface area contributed by atoms with Crippen molar-refractivity contribution in [3.63, 3.8) is 0 Å². The number of nitrogens with zero attached hydrogens (tertiary/aromatic N) is 1. The Morgan fingerprint density at radius 2 is 1.72 bits per heavy atom. The molecule has 0 radical (unpaired) electrons. The summed E-state index contributed by atoms with van der Waals surface area (Å²) in [5, 5.41) is 5.87. The van der Waals surface area contributed by atoms with Crippen molar-refractivity contribution >= 4 is 23.6 Å². The Morgan fingerprint density at radius 3 is 2.47 bits per heavy atom. The highest BCUT2D eigenvalue weighted by atomic mass is 16.5. The summed E-state index contributed by atoms with van der Waals surface area (Å²) in [7, 11) is 0. The highest BCUT2D eigenvalue weighted by Crippen LogP contribution is 2.31. The molecule has 36 heavy (non-hydrogen) atoms. The fraction of sp³-hybridized carbons (Fsp3) is 0.267. The number of hydrogen-bond donors (Lipinski definition) is 2. The van der Waals surface area contributed by atoms with Gasteiger partial charge in [-0.25, -0.2) is 0 Å². The minimum absolute atomic E-state index is 0.178. The van der Waals surface area contributed by atoms with E-state index >= 15 is 0 Å². The molecule has 0 spiro atoms. The van der Waals surface area contributed by atoms with E-state index in [1.165, 1.54) is 24.5 Å². The van der Waals surface area contributed by atoms with Crippen LogP contribution in [-0.4, -0.2) is 42.9 Å². The van der Waals surface area contributed by atoms with Gasteiger partial charge in [-0.15, -0.1) is 0 Å². The Bertz CT molecular complexity index is 1230. The van der Waals surface area contributed by atoms with Gasteiger partial charge in [0.1, 0.15) is 5.75 Å². The molecule has 0 aliphatic carbocycles. The number of likely N-dealkylation sites (tertiary alicyclic amines) is 1. The van der Waals surface area contributed by atoms with Crippen molar-refractivity contribution in [3.05, 3.63) is 95.1 Å². The topological polar surface area (TPSA) is 70.7 Å². The van der Waals surface area contributed by atoms with Gasteiger partial charge in [-0.2, -0.15) is 0 Å². The molecule has 0 aromatic heterocycles. The van der Waals surface area contributed by atoms with Crippen LogP contribution in [0.25, 0.3) is 6.08 Å². The quantitative estimate of drug-likeness (QED) is 0.390. The maximum absolute atomic E-state index is 12.8. The molecule has 2 N–H and O–H groups in total. The molecule has 1 aliphatic heterocycles. The molecule has 6 nitrogen and oxygen atoms in total. The van der Waals surface area contributed by atoms with Crippen molar-refractivity contribution in [1.82, 2.24) is 10.2 Å². The second kappa shape index (κ2) is 12.2. The van der Waals surface area contributed by atoms with Crippen LogP contribution in [0.1, 0.15) is 39.9 Å². The first-order chi connectivity index (χ1) is 17.5. The van der Waals surface area contributed by atoms with Crippen molar-refractivity contribution in [1.29, 1.82) is 0 Å². The van der Waals surface area contributed by atoms with Crippen molar-refractivity contribution in [3.8, 4) is 11.5 Å². The number of carbonyl (C=O) groups excluding carboxylic acids is 2. The van der Waals surface area contributed by atoms with Crippen LogP contribution in [0.5, 0.6) is 11.5 Å². The second-order valence-corrected chi connectivity index (χ2v) is 9.10. The Kier molecular flexibility index (Phi) is 8.53. The van der Waals surface area contributed by atoms with Gasteiger partial charge in [-0.05, 0) is 92.9 Å². The zero-order chi connectivity index (χ0) is 25.3. The van der Waals surface area contributed by atoms with Gasteiger partial charge in [0.05, 0.1) is 5.69 Å². The third-order valence-corrected chi connectivity index (χ3v) is 6.34. The number of nitrogens with one attached hydrogen (secondary N) is 2. The van der Waals surface area contributed by atoms with Crippen LogP contribution < -0.4 is 15.4 Å². The Labute approximate surface area is 213 Å². The van der Waals surface area contributed by atoms with Crippen LogP contribution >= 0.6 is 0 Å². The molecule has 1 saturated heterocycles. The molecule has 1 fully saturated rings. The maximum Gasteiger partial charge on any atom is 0.251 e. The number of amides is 2. The van der Waals surface area contributed by atoms with Gasteiger partial charge in [-0.1, -0.05) is 36.4 Å². The third-order valence-electron chi connectivity index (χ3n) is 6.34. The molecule has 4 rings (SSSR count). The number of hydrogen-bond acceptors (Lipinski definition) is 4. The first-order valence-corrected chi connectivity index (χ1v) is 12.4. The second-order valence-electron chi connectivity index (χ2n) is 9.10. The molecule has 6 heteroatoms. The maximum atomic E-state index is 12.8. The summed E-state index contributed by atoms with van der Waals surface area (Å²) in [5.41, 5.74) is 4.10. The minimum atomic E-state index is -0.310. The molecular weight excluding hydrogens is 450 g/mol. The predicted molar refractivity (Wildman–Crippen MR) is 145 cm³/mol. The van der Waals surface area contributed by atoms with Gasteiger partial charge in [0.2, 0.25) is 5.91 Å². The van der Waals surface area contributed by atoms with E-state index in [2.05, 4.69) is 15.5 Å². The number of anilines is 1. The van der Waals surface area contributed by atoms with Crippen molar-refractivity contribution in [2.45, 2.75) is 26.7 Å². The molecule has 3 aromatic rings. The monoisotopic (exact) mass is 483 g/mol. The van der Waals surface area contributed by atoms with Gasteiger partial charge in [0, 0.05) is 24.7 Å². The summed E-state index contributed by atoms with van der Waals surface area (Å²) < 4.78 is 6.12. The predicted octanol–water partition coefficient (Wildman–Crippen LogP) is 5.57. The van der Waals surface area contributed by atoms with Crippen LogP contribution in [-0.2, 0) is 4.79 Å². The highest BCUT2D eigenvalue weighted by molar-refractivity contribution is 6.04. The lowest BCUT2D eigenvalue weighted by Crippen LogP contribution is -2.33. The molecule has 186 valence electrons. The molecule has 0 unspecified atom stereocenters. The van der Waals surface area contributed by atoms with Gasteiger partial charge < -0.3 is 20.3 Å². The van der Waals surface area contributed by atoms with Crippen molar-refractivity contribution < 1.29 is 14.3 Å². The van der Waals surface area contributed by atoms with Gasteiger partial charge in [-0.3, -0.25) is 9.59 Å². The SMILES string of the molecule is Cc1ccc(Oc2ccc(C(=O)NCCN3CCCC3)cc2NC(=O)/C=C/c2ccccc2)cc1C. The first-order valence-electron chi connectivity index (χ1n) is 12.4. The fourth-order valence-corrected chi connectivity index (χ4v) is 4.11. The molecule has 1 aliphatic rings. The molecule has 0 saturated carbocycles. The Morgan fingerprint density at radius 1 is 0.944 bits per heavy atom. The summed E-state index contributed by atoms with van der Waals surface area (Å²) >= 11 is 0. The summed E-state index contributed by atoms with van der Waals surface area (Å²) in [6.45, 7) is 7.67. The van der Waals surface area contributed by atoms with E-state index in [1.807, 2.05) is 62.4 Å². The number of ether oxygens (including phenoxy) is 1. The van der Waals surface area contributed by atoms with Crippen LogP contribution in [0.15, 0.2) is 72.8 Å². The van der Waals surface area contributed by atoms with Crippen LogP contribution in [0.2, 0.25) is 0 Å². The fourth-order valence-electron chi connectivity index (χ4n) is 4.11. The standard InChI is InChI=1S/C30H33N3O3/c1-22-10-13-26(20-23(22)2)36-28-14-12-25(30(35)31-16-19-33-17-6-7-18-33)21-27(28)32-29(34)15-11-24-8-4-3-5-9-24/h3-5,8-15,20-21H,6-7,16-19H2,1-2H3,(H,31,35)(H,32,34)/b15-11+. The molecule has 0 atom stereocenters. The van der Waals surface area contributed by atoms with Gasteiger partial charge in [0.15, 0.2) is 5.75 Å². The minimum Gasteiger partial charge on any atom is -0.455 e. The lowest BCUT2D eigenvalue weighted by molar-refractivity contribution is -0.111. The molecule has 2 amide bonds. The number of aryl methyl sites for hydroxylation is 2. The van der Waals surface area contributed by atoms with E-state index in [1.54, 1.807) is 24.3 Å². The van der Waals surface area contributed by atoms with E-state index in [9.17, 15) is 9.59 Å². The smallest absolute Gasteiger partial charge is 0.251 e. The first kappa shape index (κ1) is 25.2. The molecule has 3 aromatic carbocycles. The van der Waals surface area contributed by atoms with Gasteiger partial charge in [0.25, 0.3) is 5.91 Å². The van der Waals surface area contributed by atoms with Gasteiger partial charge >= 0.3 is 0 Å². The number of rotatable bonds is 9. The summed E-state index contributed by atoms with van der Waals surface area (Å²) in [4.78, 5) is 27.9. The van der Waals surface area contributed by atoms with Crippen molar-refractivity contribution in [2.75, 3.05) is 31.5 Å². The zero-order valence-corrected chi connectivity index (χ0v) is 20.9. The van der Waals surface area contributed by atoms with E-state index in [0.29, 0.717) is 29.3 Å². The summed E-state index contributed by atoms with van der Waals surface area (Å²) in [5.74, 6) is 0.641. The number of carbonyl (C=O) groups is 2. The average Bonchev–Trinajstić information content (AvgIpc) is 3.40. The molecule has 1 heterocycles. The highest BCUT2D eigenvalue weighted by Gasteiger charge is 2.15. The zero-order valence-electron chi connectivity index (χ0n) is 20.9. The Hall–Kier alpha value is -3.90. The molecule has 0 bridgehead atoms. The van der Waals surface area contributed by atoms with E-state index in [-0.39, 0.29) is 11.8 Å². The van der Waals surface area contributed by atoms with E-state index in [0.717, 1.165) is 30.8 Å². The summed E-state index contributed by atoms with van der Waals surface area (Å²) in [6.07, 6.45) is 5.65. The van der Waals surface area contributed by atoms with Crippen LogP contribution in [0.4, 0.5) is 5.69 Å². The largest absolute Gasteiger partial charge is 0.455 e. The molecular formula is C30H33N3O3. The van der Waals surface area contributed by atoms with E-state index < -0.39 is 0 Å². The Balaban J connectivity index is 1.50. The average molecular weight is 484 g/mol.